The van der Waals surface area contributed by atoms with E-state index in [9.17, 15) is 4.39 Å². The Kier molecular flexibility index (Phi) is 4.76. The van der Waals surface area contributed by atoms with E-state index in [-0.39, 0.29) is 5.82 Å². The lowest BCUT2D eigenvalue weighted by atomic mass is 10.1. The van der Waals surface area contributed by atoms with Crippen LogP contribution in [0, 0.1) is 5.82 Å². The second kappa shape index (κ2) is 6.96. The molecule has 0 aliphatic heterocycles. The maximum atomic E-state index is 13.3. The number of aromatic nitrogens is 2. The summed E-state index contributed by atoms with van der Waals surface area (Å²) in [5.41, 5.74) is 2.10. The highest BCUT2D eigenvalue weighted by Gasteiger charge is 2.09. The maximum absolute atomic E-state index is 13.3. The third-order valence-corrected chi connectivity index (χ3v) is 4.29. The SMILES string of the molecule is COc1ccccc1Cc1nccn1Cc1ccc(F)c(Br)c1. The lowest BCUT2D eigenvalue weighted by Gasteiger charge is -2.11. The van der Waals surface area contributed by atoms with E-state index < -0.39 is 0 Å². The van der Waals surface area contributed by atoms with Gasteiger partial charge in [0.05, 0.1) is 11.6 Å². The second-order valence-corrected chi connectivity index (χ2v) is 6.06. The second-order valence-electron chi connectivity index (χ2n) is 5.21. The molecule has 0 spiro atoms. The van der Waals surface area contributed by atoms with Crippen LogP contribution in [0.2, 0.25) is 0 Å². The van der Waals surface area contributed by atoms with Crippen molar-refractivity contribution in [2.75, 3.05) is 7.11 Å². The Morgan fingerprint density at radius 1 is 1.22 bits per heavy atom. The average molecular weight is 375 g/mol. The standard InChI is InChI=1S/C18H16BrFN2O/c1-23-17-5-3-2-4-14(17)11-18-21-8-9-22(18)12-13-6-7-16(20)15(19)10-13/h2-10H,11-12H2,1H3. The number of benzene rings is 2. The molecule has 1 heterocycles. The average Bonchev–Trinajstić information content (AvgIpc) is 2.98. The fraction of sp³-hybridized carbons (Fsp3) is 0.167. The number of halogens is 2. The third kappa shape index (κ3) is 3.62. The Labute approximate surface area is 142 Å². The van der Waals surface area contributed by atoms with Gasteiger partial charge in [0.25, 0.3) is 0 Å². The highest BCUT2D eigenvalue weighted by atomic mass is 79.9. The smallest absolute Gasteiger partial charge is 0.137 e. The first-order chi connectivity index (χ1) is 11.2. The van der Waals surface area contributed by atoms with Gasteiger partial charge in [0.15, 0.2) is 0 Å². The van der Waals surface area contributed by atoms with E-state index in [1.165, 1.54) is 6.07 Å². The lowest BCUT2D eigenvalue weighted by Crippen LogP contribution is -2.06. The first kappa shape index (κ1) is 15.7. The van der Waals surface area contributed by atoms with Crippen LogP contribution in [0.3, 0.4) is 0 Å². The predicted octanol–water partition coefficient (Wildman–Crippen LogP) is 4.43. The molecule has 0 fully saturated rings. The Hall–Kier alpha value is -2.14. The molecule has 0 aliphatic carbocycles. The number of rotatable bonds is 5. The summed E-state index contributed by atoms with van der Waals surface area (Å²) in [5, 5.41) is 0. The van der Waals surface area contributed by atoms with Crippen LogP contribution in [0.5, 0.6) is 5.75 Å². The molecule has 5 heteroatoms. The molecule has 0 unspecified atom stereocenters. The van der Waals surface area contributed by atoms with Crippen molar-refractivity contribution in [2.45, 2.75) is 13.0 Å². The van der Waals surface area contributed by atoms with Crippen molar-refractivity contribution in [1.29, 1.82) is 0 Å². The Morgan fingerprint density at radius 2 is 2.04 bits per heavy atom. The number of ether oxygens (including phenoxy) is 1. The highest BCUT2D eigenvalue weighted by molar-refractivity contribution is 9.10. The molecule has 0 amide bonds. The molecule has 118 valence electrons. The maximum Gasteiger partial charge on any atom is 0.137 e. The van der Waals surface area contributed by atoms with Crippen molar-refractivity contribution in [1.82, 2.24) is 9.55 Å². The van der Waals surface area contributed by atoms with E-state index in [2.05, 4.69) is 25.5 Å². The largest absolute Gasteiger partial charge is 0.496 e. The quantitative estimate of drug-likeness (QED) is 0.660. The number of hydrogen-bond acceptors (Lipinski definition) is 2. The minimum absolute atomic E-state index is 0.256. The summed E-state index contributed by atoms with van der Waals surface area (Å²) in [5.74, 6) is 1.54. The summed E-state index contributed by atoms with van der Waals surface area (Å²) < 4.78 is 21.3. The van der Waals surface area contributed by atoms with Gasteiger partial charge in [-0.2, -0.15) is 0 Å². The molecule has 1 aromatic heterocycles. The van der Waals surface area contributed by atoms with Crippen LogP contribution in [-0.4, -0.2) is 16.7 Å². The molecule has 2 aromatic carbocycles. The molecule has 0 saturated heterocycles. The van der Waals surface area contributed by atoms with Crippen LogP contribution in [0.25, 0.3) is 0 Å². The van der Waals surface area contributed by atoms with Gasteiger partial charge >= 0.3 is 0 Å². The summed E-state index contributed by atoms with van der Waals surface area (Å²) in [6.07, 6.45) is 4.39. The van der Waals surface area contributed by atoms with E-state index in [0.717, 1.165) is 22.7 Å². The lowest BCUT2D eigenvalue weighted by molar-refractivity contribution is 0.410. The third-order valence-electron chi connectivity index (χ3n) is 3.68. The van der Waals surface area contributed by atoms with E-state index in [4.69, 9.17) is 4.74 Å². The number of para-hydroxylation sites is 1. The van der Waals surface area contributed by atoms with Gasteiger partial charge in [0.2, 0.25) is 0 Å². The van der Waals surface area contributed by atoms with Crippen molar-refractivity contribution in [3.8, 4) is 5.75 Å². The number of imidazole rings is 1. The van der Waals surface area contributed by atoms with Crippen molar-refractivity contribution in [3.05, 3.63) is 82.1 Å². The predicted molar refractivity (Wildman–Crippen MR) is 91.2 cm³/mol. The molecule has 0 bridgehead atoms. The molecule has 0 saturated carbocycles. The van der Waals surface area contributed by atoms with E-state index in [1.54, 1.807) is 25.4 Å². The zero-order valence-corrected chi connectivity index (χ0v) is 14.3. The molecule has 3 nitrogen and oxygen atoms in total. The van der Waals surface area contributed by atoms with Crippen molar-refractivity contribution in [2.24, 2.45) is 0 Å². The van der Waals surface area contributed by atoms with Gasteiger partial charge in [0, 0.05) is 30.9 Å². The molecule has 0 aliphatic rings. The number of hydrogen-bond donors (Lipinski definition) is 0. The summed E-state index contributed by atoms with van der Waals surface area (Å²) in [4.78, 5) is 4.44. The zero-order valence-electron chi connectivity index (χ0n) is 12.7. The molecular formula is C18H16BrFN2O. The van der Waals surface area contributed by atoms with E-state index in [1.807, 2.05) is 30.5 Å². The molecule has 0 N–H and O–H groups in total. The molecule has 23 heavy (non-hydrogen) atoms. The molecule has 0 radical (unpaired) electrons. The first-order valence-corrected chi connectivity index (χ1v) is 8.02. The van der Waals surface area contributed by atoms with Gasteiger partial charge in [-0.15, -0.1) is 0 Å². The zero-order chi connectivity index (χ0) is 16.2. The molecular weight excluding hydrogens is 359 g/mol. The van der Waals surface area contributed by atoms with Gasteiger partial charge < -0.3 is 9.30 Å². The van der Waals surface area contributed by atoms with Gasteiger partial charge in [-0.05, 0) is 39.7 Å². The summed E-state index contributed by atoms with van der Waals surface area (Å²) in [6, 6.07) is 13.0. The number of methoxy groups -OCH3 is 1. The van der Waals surface area contributed by atoms with Crippen LogP contribution in [-0.2, 0) is 13.0 Å². The Bertz CT molecular complexity index is 816. The molecule has 0 atom stereocenters. The van der Waals surface area contributed by atoms with Crippen LogP contribution >= 0.6 is 15.9 Å². The topological polar surface area (TPSA) is 27.1 Å². The van der Waals surface area contributed by atoms with Gasteiger partial charge in [0.1, 0.15) is 17.4 Å². The van der Waals surface area contributed by atoms with Crippen LogP contribution in [0.15, 0.2) is 59.3 Å². The minimum atomic E-state index is -0.256. The monoisotopic (exact) mass is 374 g/mol. The van der Waals surface area contributed by atoms with Gasteiger partial charge in [-0.3, -0.25) is 0 Å². The summed E-state index contributed by atoms with van der Waals surface area (Å²) in [7, 11) is 1.67. The Balaban J connectivity index is 1.83. The Morgan fingerprint density at radius 3 is 2.83 bits per heavy atom. The van der Waals surface area contributed by atoms with Gasteiger partial charge in [-0.25, -0.2) is 9.37 Å². The number of nitrogens with zero attached hydrogens (tertiary/aromatic N) is 2. The van der Waals surface area contributed by atoms with Gasteiger partial charge in [-0.1, -0.05) is 24.3 Å². The van der Waals surface area contributed by atoms with Crippen molar-refractivity contribution < 1.29 is 9.13 Å². The summed E-state index contributed by atoms with van der Waals surface area (Å²) in [6.45, 7) is 0.642. The van der Waals surface area contributed by atoms with Crippen molar-refractivity contribution >= 4 is 15.9 Å². The van der Waals surface area contributed by atoms with Crippen molar-refractivity contribution in [3.63, 3.8) is 0 Å². The molecule has 3 aromatic rings. The van der Waals surface area contributed by atoms with E-state index in [0.29, 0.717) is 17.4 Å². The normalized spacial score (nSPS) is 10.7. The minimum Gasteiger partial charge on any atom is -0.496 e. The van der Waals surface area contributed by atoms with E-state index >= 15 is 0 Å². The molecule has 3 rings (SSSR count). The van der Waals surface area contributed by atoms with Crippen LogP contribution in [0.4, 0.5) is 4.39 Å². The van der Waals surface area contributed by atoms with Crippen LogP contribution in [0.1, 0.15) is 17.0 Å². The summed E-state index contributed by atoms with van der Waals surface area (Å²) >= 11 is 3.22. The fourth-order valence-corrected chi connectivity index (χ4v) is 2.93. The highest BCUT2D eigenvalue weighted by Crippen LogP contribution is 2.22. The van der Waals surface area contributed by atoms with Crippen LogP contribution < -0.4 is 4.74 Å². The first-order valence-electron chi connectivity index (χ1n) is 7.23. The fourth-order valence-electron chi connectivity index (χ4n) is 2.51.